The molecule has 1 saturated heterocycles. The molecular formula is C19H21N3O3S. The molecule has 1 spiro atoms. The van der Waals surface area contributed by atoms with Gasteiger partial charge < -0.3 is 9.88 Å². The van der Waals surface area contributed by atoms with Gasteiger partial charge in [0.15, 0.2) is 9.84 Å². The standard InChI is InChI=1S/C19H21N3O3S/c1-26(24,25)13-3-4-16-14(11-13)17(15(12-20)18(23)21-16)22-9-7-19(8-10-22)5-2-6-19/h3-4,11H,2,5-10H2,1H3,(H,21,23). The molecule has 26 heavy (non-hydrogen) atoms. The molecule has 1 saturated carbocycles. The van der Waals surface area contributed by atoms with Crippen molar-refractivity contribution in [3.63, 3.8) is 0 Å². The zero-order chi connectivity index (χ0) is 18.5. The SMILES string of the molecule is CS(=O)(=O)c1ccc2[nH]c(=O)c(C#N)c(N3CCC4(CCC4)CC3)c2c1. The van der Waals surface area contributed by atoms with Gasteiger partial charge >= 0.3 is 0 Å². The van der Waals surface area contributed by atoms with E-state index in [1.807, 2.05) is 6.07 Å². The van der Waals surface area contributed by atoms with Crippen molar-refractivity contribution in [3.05, 3.63) is 34.1 Å². The molecule has 2 fully saturated rings. The second kappa shape index (κ2) is 5.85. The van der Waals surface area contributed by atoms with Gasteiger partial charge in [0.05, 0.1) is 16.1 Å². The lowest BCUT2D eigenvalue weighted by atomic mass is 9.63. The molecule has 4 rings (SSSR count). The molecular weight excluding hydrogens is 350 g/mol. The molecule has 136 valence electrons. The van der Waals surface area contributed by atoms with Gasteiger partial charge in [-0.15, -0.1) is 0 Å². The number of nitriles is 1. The van der Waals surface area contributed by atoms with Crippen molar-refractivity contribution < 1.29 is 8.42 Å². The fourth-order valence-corrected chi connectivity index (χ4v) is 4.95. The van der Waals surface area contributed by atoms with Crippen molar-refractivity contribution in [2.24, 2.45) is 5.41 Å². The Morgan fingerprint density at radius 3 is 2.42 bits per heavy atom. The van der Waals surface area contributed by atoms with Gasteiger partial charge in [-0.3, -0.25) is 4.79 Å². The van der Waals surface area contributed by atoms with E-state index in [9.17, 15) is 18.5 Å². The second-order valence-corrected chi connectivity index (χ2v) is 9.63. The van der Waals surface area contributed by atoms with Gasteiger partial charge in [0.25, 0.3) is 5.56 Å². The number of H-pyrrole nitrogens is 1. The third kappa shape index (κ3) is 2.69. The van der Waals surface area contributed by atoms with E-state index in [0.717, 1.165) is 32.2 Å². The van der Waals surface area contributed by atoms with Crippen LogP contribution in [0.15, 0.2) is 27.9 Å². The monoisotopic (exact) mass is 371 g/mol. The number of aromatic amines is 1. The number of sulfone groups is 1. The number of hydrogen-bond acceptors (Lipinski definition) is 5. The summed E-state index contributed by atoms with van der Waals surface area (Å²) in [5.74, 6) is 0. The maximum Gasteiger partial charge on any atom is 0.268 e. The summed E-state index contributed by atoms with van der Waals surface area (Å²) in [6.45, 7) is 1.58. The predicted molar refractivity (Wildman–Crippen MR) is 100 cm³/mol. The third-order valence-corrected chi connectivity index (χ3v) is 7.16. The highest BCUT2D eigenvalue weighted by Crippen LogP contribution is 2.49. The summed E-state index contributed by atoms with van der Waals surface area (Å²) in [6.07, 6.45) is 7.08. The first-order chi connectivity index (χ1) is 12.3. The summed E-state index contributed by atoms with van der Waals surface area (Å²) in [7, 11) is -3.38. The number of pyridine rings is 1. The van der Waals surface area contributed by atoms with Crippen molar-refractivity contribution in [2.45, 2.75) is 37.0 Å². The van der Waals surface area contributed by atoms with Crippen molar-refractivity contribution in [1.29, 1.82) is 5.26 Å². The first kappa shape index (κ1) is 17.1. The Morgan fingerprint density at radius 1 is 1.19 bits per heavy atom. The molecule has 2 aromatic rings. The first-order valence-electron chi connectivity index (χ1n) is 8.88. The van der Waals surface area contributed by atoms with E-state index in [-0.39, 0.29) is 10.5 Å². The largest absolute Gasteiger partial charge is 0.370 e. The molecule has 0 amide bonds. The zero-order valence-corrected chi connectivity index (χ0v) is 15.5. The topological polar surface area (TPSA) is 94.0 Å². The molecule has 1 aliphatic carbocycles. The Hall–Kier alpha value is -2.33. The number of rotatable bonds is 2. The molecule has 0 unspecified atom stereocenters. The van der Waals surface area contributed by atoms with Crippen LogP contribution in [-0.4, -0.2) is 32.7 Å². The van der Waals surface area contributed by atoms with Gasteiger partial charge in [-0.2, -0.15) is 5.26 Å². The highest BCUT2D eigenvalue weighted by Gasteiger charge is 2.40. The molecule has 0 radical (unpaired) electrons. The van der Waals surface area contributed by atoms with E-state index < -0.39 is 15.4 Å². The molecule has 6 nitrogen and oxygen atoms in total. The average Bonchev–Trinajstić information content (AvgIpc) is 2.58. The third-order valence-electron chi connectivity index (χ3n) is 6.05. The maximum absolute atomic E-state index is 12.4. The van der Waals surface area contributed by atoms with E-state index in [1.165, 1.54) is 25.3 Å². The number of hydrogen-bond donors (Lipinski definition) is 1. The van der Waals surface area contributed by atoms with Crippen molar-refractivity contribution >= 4 is 26.4 Å². The minimum atomic E-state index is -3.38. The number of aromatic nitrogens is 1. The van der Waals surface area contributed by atoms with E-state index in [1.54, 1.807) is 12.1 Å². The molecule has 1 aliphatic heterocycles. The van der Waals surface area contributed by atoms with Crippen LogP contribution in [0.25, 0.3) is 10.9 Å². The Morgan fingerprint density at radius 2 is 1.88 bits per heavy atom. The Kier molecular flexibility index (Phi) is 3.85. The van der Waals surface area contributed by atoms with E-state index in [0.29, 0.717) is 22.0 Å². The molecule has 1 aromatic carbocycles. The van der Waals surface area contributed by atoms with E-state index in [2.05, 4.69) is 9.88 Å². The van der Waals surface area contributed by atoms with Crippen LogP contribution >= 0.6 is 0 Å². The lowest BCUT2D eigenvalue weighted by molar-refractivity contribution is 0.0956. The van der Waals surface area contributed by atoms with Crippen LogP contribution in [0.4, 0.5) is 5.69 Å². The van der Waals surface area contributed by atoms with Crippen LogP contribution in [0.1, 0.15) is 37.7 Å². The summed E-state index contributed by atoms with van der Waals surface area (Å²) < 4.78 is 23.9. The first-order valence-corrected chi connectivity index (χ1v) is 10.8. The fourth-order valence-electron chi connectivity index (χ4n) is 4.30. The van der Waals surface area contributed by atoms with Gasteiger partial charge in [-0.1, -0.05) is 6.42 Å². The zero-order valence-electron chi connectivity index (χ0n) is 14.7. The maximum atomic E-state index is 12.4. The lowest BCUT2D eigenvalue weighted by Gasteiger charge is -2.48. The van der Waals surface area contributed by atoms with Crippen LogP contribution < -0.4 is 10.5 Å². The van der Waals surface area contributed by atoms with Crippen molar-refractivity contribution in [2.75, 3.05) is 24.2 Å². The van der Waals surface area contributed by atoms with Crippen LogP contribution in [-0.2, 0) is 9.84 Å². The molecule has 0 atom stereocenters. The average molecular weight is 371 g/mol. The normalized spacial score (nSPS) is 19.3. The Bertz CT molecular complexity index is 1080. The Labute approximate surface area is 152 Å². The van der Waals surface area contributed by atoms with Gasteiger partial charge in [-0.25, -0.2) is 8.42 Å². The fraction of sp³-hybridized carbons (Fsp3) is 0.474. The van der Waals surface area contributed by atoms with Crippen LogP contribution in [0.2, 0.25) is 0 Å². The van der Waals surface area contributed by atoms with Crippen LogP contribution in [0.5, 0.6) is 0 Å². The van der Waals surface area contributed by atoms with Gasteiger partial charge in [0.1, 0.15) is 11.6 Å². The molecule has 0 bridgehead atoms. The summed E-state index contributed by atoms with van der Waals surface area (Å²) in [5, 5.41) is 10.2. The summed E-state index contributed by atoms with van der Waals surface area (Å²) >= 11 is 0. The number of nitrogens with zero attached hydrogens (tertiary/aromatic N) is 2. The predicted octanol–water partition coefficient (Wildman–Crippen LogP) is 2.57. The minimum absolute atomic E-state index is 0.0627. The Balaban J connectivity index is 1.88. The molecule has 1 aromatic heterocycles. The highest BCUT2D eigenvalue weighted by atomic mass is 32.2. The van der Waals surface area contributed by atoms with E-state index in [4.69, 9.17) is 0 Å². The number of piperidine rings is 1. The van der Waals surface area contributed by atoms with Gasteiger partial charge in [0, 0.05) is 24.7 Å². The van der Waals surface area contributed by atoms with Crippen molar-refractivity contribution in [3.8, 4) is 6.07 Å². The molecule has 2 heterocycles. The van der Waals surface area contributed by atoms with Gasteiger partial charge in [0.2, 0.25) is 0 Å². The molecule has 2 aliphatic rings. The van der Waals surface area contributed by atoms with Crippen LogP contribution in [0.3, 0.4) is 0 Å². The van der Waals surface area contributed by atoms with E-state index >= 15 is 0 Å². The number of fused-ring (bicyclic) bond motifs is 1. The summed E-state index contributed by atoms with van der Waals surface area (Å²) in [4.78, 5) is 17.4. The minimum Gasteiger partial charge on any atom is -0.370 e. The molecule has 7 heteroatoms. The highest BCUT2D eigenvalue weighted by molar-refractivity contribution is 7.90. The van der Waals surface area contributed by atoms with Crippen molar-refractivity contribution in [1.82, 2.24) is 4.98 Å². The second-order valence-electron chi connectivity index (χ2n) is 7.61. The lowest BCUT2D eigenvalue weighted by Crippen LogP contribution is -2.44. The van der Waals surface area contributed by atoms with Gasteiger partial charge in [-0.05, 0) is 49.3 Å². The number of anilines is 1. The number of nitrogens with one attached hydrogen (secondary N) is 1. The molecule has 1 N–H and O–H groups in total. The summed E-state index contributed by atoms with van der Waals surface area (Å²) in [5.41, 5.74) is 1.21. The van der Waals surface area contributed by atoms with Crippen LogP contribution in [0, 0.1) is 16.7 Å². The number of benzene rings is 1. The smallest absolute Gasteiger partial charge is 0.268 e. The summed E-state index contributed by atoms with van der Waals surface area (Å²) in [6, 6.07) is 6.69. The quantitative estimate of drug-likeness (QED) is 0.876.